The Balaban J connectivity index is 2.90. The zero-order chi connectivity index (χ0) is 8.72. The van der Waals surface area contributed by atoms with E-state index in [4.69, 9.17) is 0 Å². The van der Waals surface area contributed by atoms with Crippen molar-refractivity contribution in [3.63, 3.8) is 0 Å². The Hall–Kier alpha value is -0.900. The molecule has 0 aromatic carbocycles. The molecule has 0 radical (unpaired) electrons. The molecule has 0 amide bonds. The molecular formula is C8H8BrN3. The summed E-state index contributed by atoms with van der Waals surface area (Å²) in [5.74, 6) is 0. The van der Waals surface area contributed by atoms with Gasteiger partial charge in [0.05, 0.1) is 11.2 Å². The summed E-state index contributed by atoms with van der Waals surface area (Å²) in [7, 11) is 1.93. The highest BCUT2D eigenvalue weighted by Crippen LogP contribution is 2.18. The first-order chi connectivity index (χ1) is 5.68. The van der Waals surface area contributed by atoms with Crippen molar-refractivity contribution in [2.45, 2.75) is 6.92 Å². The van der Waals surface area contributed by atoms with Gasteiger partial charge < -0.3 is 0 Å². The Morgan fingerprint density at radius 3 is 3.00 bits per heavy atom. The molecule has 2 heterocycles. The molecule has 0 fully saturated rings. The van der Waals surface area contributed by atoms with E-state index >= 15 is 0 Å². The number of pyridine rings is 1. The number of rotatable bonds is 0. The van der Waals surface area contributed by atoms with Crippen LogP contribution in [0.25, 0.3) is 10.9 Å². The van der Waals surface area contributed by atoms with Gasteiger partial charge in [0.25, 0.3) is 0 Å². The predicted octanol–water partition coefficient (Wildman–Crippen LogP) is 2.04. The second-order valence-corrected chi connectivity index (χ2v) is 3.55. The summed E-state index contributed by atoms with van der Waals surface area (Å²) in [4.78, 5) is 4.14. The molecule has 0 saturated heterocycles. The van der Waals surface area contributed by atoms with Crippen LogP contribution in [0.5, 0.6) is 0 Å². The number of hydrogen-bond acceptors (Lipinski definition) is 2. The van der Waals surface area contributed by atoms with Crippen LogP contribution in [-0.4, -0.2) is 14.8 Å². The van der Waals surface area contributed by atoms with Crippen molar-refractivity contribution >= 4 is 26.8 Å². The van der Waals surface area contributed by atoms with Gasteiger partial charge in [0.2, 0.25) is 0 Å². The molecule has 0 unspecified atom stereocenters. The first-order valence-electron chi connectivity index (χ1n) is 3.63. The molecule has 0 aliphatic rings. The lowest BCUT2D eigenvalue weighted by atomic mass is 10.3. The minimum atomic E-state index is 0.845. The molecule has 0 saturated carbocycles. The van der Waals surface area contributed by atoms with Crippen molar-refractivity contribution in [1.82, 2.24) is 14.8 Å². The van der Waals surface area contributed by atoms with E-state index < -0.39 is 0 Å². The first-order valence-corrected chi connectivity index (χ1v) is 4.42. The van der Waals surface area contributed by atoms with Crippen LogP contribution in [0.3, 0.4) is 0 Å². The molecule has 12 heavy (non-hydrogen) atoms. The third-order valence-electron chi connectivity index (χ3n) is 1.89. The Morgan fingerprint density at radius 1 is 1.50 bits per heavy atom. The highest BCUT2D eigenvalue weighted by Gasteiger charge is 2.04. The van der Waals surface area contributed by atoms with Crippen LogP contribution >= 0.6 is 15.9 Å². The minimum absolute atomic E-state index is 0.845. The standard InChI is InChI=1S/C8H8BrN3/c1-5-6-4-10-8(9)3-7(6)12(2)11-5/h3-4H,1-2H3. The third-order valence-corrected chi connectivity index (χ3v) is 2.32. The summed E-state index contributed by atoms with van der Waals surface area (Å²) in [5, 5.41) is 5.40. The second kappa shape index (κ2) is 2.55. The first kappa shape index (κ1) is 7.73. The molecule has 3 nitrogen and oxygen atoms in total. The van der Waals surface area contributed by atoms with Crippen molar-refractivity contribution in [1.29, 1.82) is 0 Å². The number of aromatic nitrogens is 3. The van der Waals surface area contributed by atoms with Crippen LogP contribution in [0.15, 0.2) is 16.9 Å². The Morgan fingerprint density at radius 2 is 2.25 bits per heavy atom. The molecule has 4 heteroatoms. The van der Waals surface area contributed by atoms with Gasteiger partial charge in [-0.05, 0) is 28.9 Å². The molecule has 0 N–H and O–H groups in total. The van der Waals surface area contributed by atoms with Gasteiger partial charge >= 0.3 is 0 Å². The third kappa shape index (κ3) is 1.03. The van der Waals surface area contributed by atoms with Gasteiger partial charge in [0.15, 0.2) is 0 Å². The topological polar surface area (TPSA) is 30.7 Å². The molecular weight excluding hydrogens is 218 g/mol. The second-order valence-electron chi connectivity index (χ2n) is 2.73. The van der Waals surface area contributed by atoms with Gasteiger partial charge in [-0.25, -0.2) is 4.98 Å². The molecule has 0 aliphatic carbocycles. The summed E-state index contributed by atoms with van der Waals surface area (Å²) < 4.78 is 2.70. The molecule has 2 aromatic rings. The predicted molar refractivity (Wildman–Crippen MR) is 50.9 cm³/mol. The monoisotopic (exact) mass is 225 g/mol. The lowest BCUT2D eigenvalue weighted by Crippen LogP contribution is -1.89. The van der Waals surface area contributed by atoms with E-state index in [1.165, 1.54) is 0 Å². The fourth-order valence-electron chi connectivity index (χ4n) is 1.30. The van der Waals surface area contributed by atoms with E-state index in [1.807, 2.05) is 30.9 Å². The molecule has 2 rings (SSSR count). The van der Waals surface area contributed by atoms with E-state index in [0.717, 1.165) is 21.2 Å². The number of halogens is 1. The van der Waals surface area contributed by atoms with Gasteiger partial charge in [0.1, 0.15) is 4.60 Å². The highest BCUT2D eigenvalue weighted by molar-refractivity contribution is 9.10. The van der Waals surface area contributed by atoms with Crippen LogP contribution in [0.2, 0.25) is 0 Å². The average molecular weight is 226 g/mol. The zero-order valence-electron chi connectivity index (χ0n) is 6.87. The van der Waals surface area contributed by atoms with Gasteiger partial charge in [-0.15, -0.1) is 0 Å². The lowest BCUT2D eigenvalue weighted by Gasteiger charge is -1.93. The van der Waals surface area contributed by atoms with Crippen LogP contribution < -0.4 is 0 Å². The summed E-state index contributed by atoms with van der Waals surface area (Å²) in [6.45, 7) is 1.98. The van der Waals surface area contributed by atoms with Gasteiger partial charge in [-0.3, -0.25) is 4.68 Å². The minimum Gasteiger partial charge on any atom is -0.268 e. The van der Waals surface area contributed by atoms with E-state index in [2.05, 4.69) is 26.0 Å². The van der Waals surface area contributed by atoms with Crippen LogP contribution in [0.4, 0.5) is 0 Å². The van der Waals surface area contributed by atoms with Gasteiger partial charge in [-0.1, -0.05) is 0 Å². The highest BCUT2D eigenvalue weighted by atomic mass is 79.9. The maximum absolute atomic E-state index is 4.29. The number of nitrogens with zero attached hydrogens (tertiary/aromatic N) is 3. The van der Waals surface area contributed by atoms with E-state index in [0.29, 0.717) is 0 Å². The molecule has 0 atom stereocenters. The van der Waals surface area contributed by atoms with Crippen molar-refractivity contribution in [2.75, 3.05) is 0 Å². The van der Waals surface area contributed by atoms with Crippen molar-refractivity contribution in [3.8, 4) is 0 Å². The van der Waals surface area contributed by atoms with E-state index in [9.17, 15) is 0 Å². The SMILES string of the molecule is Cc1nn(C)c2cc(Br)ncc12. The largest absolute Gasteiger partial charge is 0.268 e. The van der Waals surface area contributed by atoms with Gasteiger partial charge in [-0.2, -0.15) is 5.10 Å². The normalized spacial score (nSPS) is 10.9. The summed E-state index contributed by atoms with van der Waals surface area (Å²) in [6, 6.07) is 1.97. The van der Waals surface area contributed by atoms with Crippen LogP contribution in [-0.2, 0) is 7.05 Å². The molecule has 0 bridgehead atoms. The Bertz CT molecular complexity index is 433. The van der Waals surface area contributed by atoms with Crippen molar-refractivity contribution in [2.24, 2.45) is 7.05 Å². The summed E-state index contributed by atoms with van der Waals surface area (Å²) in [6.07, 6.45) is 1.84. The fraction of sp³-hybridized carbons (Fsp3) is 0.250. The quantitative estimate of drug-likeness (QED) is 0.643. The number of aryl methyl sites for hydroxylation is 2. The molecule has 0 aliphatic heterocycles. The van der Waals surface area contributed by atoms with E-state index in [-0.39, 0.29) is 0 Å². The number of fused-ring (bicyclic) bond motifs is 1. The van der Waals surface area contributed by atoms with Crippen LogP contribution in [0, 0.1) is 6.92 Å². The smallest absolute Gasteiger partial charge is 0.108 e. The van der Waals surface area contributed by atoms with E-state index in [1.54, 1.807) is 0 Å². The maximum atomic E-state index is 4.29. The average Bonchev–Trinajstić information content (AvgIpc) is 2.28. The van der Waals surface area contributed by atoms with Crippen molar-refractivity contribution in [3.05, 3.63) is 22.6 Å². The molecule has 62 valence electrons. The fourth-order valence-corrected chi connectivity index (χ4v) is 1.62. The molecule has 2 aromatic heterocycles. The van der Waals surface area contributed by atoms with Crippen molar-refractivity contribution < 1.29 is 0 Å². The Kier molecular flexibility index (Phi) is 1.65. The maximum Gasteiger partial charge on any atom is 0.108 e. The zero-order valence-corrected chi connectivity index (χ0v) is 8.46. The van der Waals surface area contributed by atoms with Crippen LogP contribution in [0.1, 0.15) is 5.69 Å². The Labute approximate surface area is 78.5 Å². The summed E-state index contributed by atoms with van der Waals surface area (Å²) >= 11 is 3.32. The number of hydrogen-bond donors (Lipinski definition) is 0. The molecule has 0 spiro atoms. The lowest BCUT2D eigenvalue weighted by molar-refractivity contribution is 0.783. The van der Waals surface area contributed by atoms with Gasteiger partial charge in [0, 0.05) is 18.6 Å². The summed E-state index contributed by atoms with van der Waals surface area (Å²) in [5.41, 5.74) is 2.13.